The molecule has 0 saturated carbocycles. The van der Waals surface area contributed by atoms with Crippen LogP contribution in [-0.2, 0) is 29.4 Å². The Bertz CT molecular complexity index is 2040. The number of hydrogen-bond acceptors (Lipinski definition) is 2. The Morgan fingerprint density at radius 3 is 1.94 bits per heavy atom. The van der Waals surface area contributed by atoms with Crippen LogP contribution in [0.25, 0.3) is 28.0 Å². The summed E-state index contributed by atoms with van der Waals surface area (Å²) in [7, 11) is 0. The number of pyridine rings is 1. The summed E-state index contributed by atoms with van der Waals surface area (Å²) >= 11 is 0. The smallest absolute Gasteiger partial charge is 0.351 e. The number of unbranched alkanes of at least 4 members (excludes halogenated alkanes) is 1. The molecule has 5 aromatic rings. The van der Waals surface area contributed by atoms with Crippen molar-refractivity contribution < 1.29 is 35.7 Å². The first-order valence-corrected chi connectivity index (χ1v) is 17.1. The molecular weight excluding hydrogens is 676 g/mol. The molecular formula is C42H38F6N3O+. The maximum absolute atomic E-state index is 13.8. The van der Waals surface area contributed by atoms with Crippen LogP contribution in [0.5, 0.6) is 0 Å². The lowest BCUT2D eigenvalue weighted by Gasteiger charge is -2.31. The number of hydrogen-bond donors (Lipinski definition) is 2. The van der Waals surface area contributed by atoms with Gasteiger partial charge in [-0.3, -0.25) is 4.79 Å². The van der Waals surface area contributed by atoms with E-state index in [0.29, 0.717) is 43.5 Å². The quantitative estimate of drug-likeness (QED) is 0.0768. The molecule has 1 aromatic heterocycles. The SMILES string of the molecule is C=C(Nc1ccc(CCCCC2(C(=O)NCC(F)(F)F)c3ccccc3-c3ccccc32)[n+](CC)c1)c1ccccc1-c1ccc(C(F)(F)F)cc1. The van der Waals surface area contributed by atoms with E-state index in [4.69, 9.17) is 0 Å². The first-order valence-electron chi connectivity index (χ1n) is 17.1. The fourth-order valence-corrected chi connectivity index (χ4v) is 7.23. The molecule has 1 aliphatic rings. The first-order chi connectivity index (χ1) is 24.8. The molecule has 0 bridgehead atoms. The second-order valence-electron chi connectivity index (χ2n) is 12.9. The van der Waals surface area contributed by atoms with Crippen LogP contribution in [0.2, 0.25) is 0 Å². The molecule has 6 rings (SSSR count). The standard InChI is InChI=1S/C42H37F6N3O/c1-3-51-26-31(50-28(2)33-13-4-5-14-34(33)29-19-21-30(22-20-29)42(46,47)48)23-24-32(51)12-10-11-25-40(39(52)49-27-41(43,44)45)37-17-8-6-15-35(37)36-16-7-9-18-38(36)40/h4-9,13-24,26,50H,2-3,10-12,25,27H2,1H3/p+1. The van der Waals surface area contributed by atoms with E-state index in [2.05, 4.69) is 21.8 Å². The second kappa shape index (κ2) is 14.7. The average Bonchev–Trinajstić information content (AvgIpc) is 3.42. The van der Waals surface area contributed by atoms with Gasteiger partial charge in [-0.2, -0.15) is 26.3 Å². The number of carbonyl (C=O) groups is 1. The van der Waals surface area contributed by atoms with Crippen LogP contribution in [0.15, 0.2) is 122 Å². The zero-order chi connectivity index (χ0) is 37.1. The van der Waals surface area contributed by atoms with Gasteiger partial charge in [-0.05, 0) is 71.3 Å². The Hall–Kier alpha value is -5.38. The monoisotopic (exact) mass is 714 g/mol. The summed E-state index contributed by atoms with van der Waals surface area (Å²) in [6.07, 6.45) is -4.69. The maximum Gasteiger partial charge on any atom is 0.416 e. The number of nitrogens with one attached hydrogen (secondary N) is 2. The third-order valence-electron chi connectivity index (χ3n) is 9.67. The van der Waals surface area contributed by atoms with E-state index in [1.165, 1.54) is 12.1 Å². The van der Waals surface area contributed by atoms with Crippen LogP contribution >= 0.6 is 0 Å². The summed E-state index contributed by atoms with van der Waals surface area (Å²) in [4.78, 5) is 13.8. The normalized spacial score (nSPS) is 13.3. The van der Waals surface area contributed by atoms with Crippen LogP contribution in [0, 0.1) is 0 Å². The van der Waals surface area contributed by atoms with Gasteiger partial charge in [-0.25, -0.2) is 4.57 Å². The Labute approximate surface area is 298 Å². The van der Waals surface area contributed by atoms with Crippen molar-refractivity contribution in [3.8, 4) is 22.3 Å². The van der Waals surface area contributed by atoms with Gasteiger partial charge in [-0.15, -0.1) is 0 Å². The van der Waals surface area contributed by atoms with Crippen molar-refractivity contribution in [3.63, 3.8) is 0 Å². The largest absolute Gasteiger partial charge is 0.416 e. The number of amides is 1. The van der Waals surface area contributed by atoms with Crippen molar-refractivity contribution in [1.82, 2.24) is 5.32 Å². The topological polar surface area (TPSA) is 45.0 Å². The van der Waals surface area contributed by atoms with Gasteiger partial charge in [0.1, 0.15) is 24.2 Å². The number of alkyl halides is 6. The van der Waals surface area contributed by atoms with Crippen LogP contribution in [0.1, 0.15) is 54.1 Å². The highest BCUT2D eigenvalue weighted by Gasteiger charge is 2.49. The van der Waals surface area contributed by atoms with Gasteiger partial charge in [-0.1, -0.05) is 97.9 Å². The van der Waals surface area contributed by atoms with Crippen LogP contribution in [-0.4, -0.2) is 18.6 Å². The van der Waals surface area contributed by atoms with E-state index >= 15 is 0 Å². The molecule has 52 heavy (non-hydrogen) atoms. The molecule has 10 heteroatoms. The number of halogens is 6. The fourth-order valence-electron chi connectivity index (χ4n) is 7.23. The molecule has 1 heterocycles. The van der Waals surface area contributed by atoms with Gasteiger partial charge in [0.05, 0.1) is 5.56 Å². The lowest BCUT2D eigenvalue weighted by Crippen LogP contribution is -2.47. The van der Waals surface area contributed by atoms with Gasteiger partial charge in [0.15, 0.2) is 11.9 Å². The van der Waals surface area contributed by atoms with Gasteiger partial charge >= 0.3 is 12.4 Å². The lowest BCUT2D eigenvalue weighted by atomic mass is 9.73. The molecule has 0 saturated heterocycles. The lowest BCUT2D eigenvalue weighted by molar-refractivity contribution is -0.700. The number of anilines is 1. The van der Waals surface area contributed by atoms with Crippen LogP contribution < -0.4 is 15.2 Å². The Morgan fingerprint density at radius 1 is 0.750 bits per heavy atom. The van der Waals surface area contributed by atoms with E-state index in [0.717, 1.165) is 56.9 Å². The highest BCUT2D eigenvalue weighted by molar-refractivity contribution is 6.00. The number of aromatic nitrogens is 1. The first kappa shape index (κ1) is 36.4. The number of carbonyl (C=O) groups excluding carboxylic acids is 1. The second-order valence-corrected chi connectivity index (χ2v) is 12.9. The van der Waals surface area contributed by atoms with Crippen LogP contribution in [0.3, 0.4) is 0 Å². The molecule has 4 nitrogen and oxygen atoms in total. The zero-order valence-electron chi connectivity index (χ0n) is 28.5. The summed E-state index contributed by atoms with van der Waals surface area (Å²) < 4.78 is 81.3. The summed E-state index contributed by atoms with van der Waals surface area (Å²) in [6.45, 7) is 5.52. The molecule has 2 N–H and O–H groups in total. The summed E-state index contributed by atoms with van der Waals surface area (Å²) in [5.74, 6) is -0.651. The van der Waals surface area contributed by atoms with E-state index in [1.54, 1.807) is 0 Å². The van der Waals surface area contributed by atoms with E-state index in [1.807, 2.05) is 98.0 Å². The minimum Gasteiger partial charge on any atom is -0.351 e. The molecule has 0 fully saturated rings. The van der Waals surface area contributed by atoms with Gasteiger partial charge in [0, 0.05) is 23.7 Å². The Balaban J connectivity index is 1.17. The highest BCUT2D eigenvalue weighted by atomic mass is 19.4. The van der Waals surface area contributed by atoms with Crippen molar-refractivity contribution in [3.05, 3.63) is 150 Å². The predicted molar refractivity (Wildman–Crippen MR) is 191 cm³/mol. The summed E-state index contributed by atoms with van der Waals surface area (Å²) in [6, 6.07) is 31.2. The van der Waals surface area contributed by atoms with Gasteiger partial charge in [0.25, 0.3) is 0 Å². The van der Waals surface area contributed by atoms with E-state index in [9.17, 15) is 31.1 Å². The number of rotatable bonds is 12. The van der Waals surface area contributed by atoms with E-state index < -0.39 is 35.8 Å². The van der Waals surface area contributed by atoms with Gasteiger partial charge < -0.3 is 10.6 Å². The van der Waals surface area contributed by atoms with Crippen molar-refractivity contribution in [2.75, 3.05) is 11.9 Å². The maximum atomic E-state index is 13.8. The third-order valence-corrected chi connectivity index (χ3v) is 9.67. The fraction of sp³-hybridized carbons (Fsp3) is 0.238. The van der Waals surface area contributed by atoms with E-state index in [-0.39, 0.29) is 0 Å². The molecule has 4 aromatic carbocycles. The number of aryl methyl sites for hydroxylation is 2. The van der Waals surface area contributed by atoms with Crippen molar-refractivity contribution in [1.29, 1.82) is 0 Å². The van der Waals surface area contributed by atoms with Crippen molar-refractivity contribution in [2.45, 2.75) is 56.9 Å². The molecule has 0 atom stereocenters. The molecule has 0 aliphatic heterocycles. The summed E-state index contributed by atoms with van der Waals surface area (Å²) in [5.41, 5.74) is 5.72. The molecule has 0 spiro atoms. The number of fused-ring (bicyclic) bond motifs is 3. The Kier molecular flexibility index (Phi) is 10.3. The average molecular weight is 715 g/mol. The minimum atomic E-state index is -4.54. The van der Waals surface area contributed by atoms with Crippen molar-refractivity contribution in [2.24, 2.45) is 0 Å². The Morgan fingerprint density at radius 2 is 1.35 bits per heavy atom. The zero-order valence-corrected chi connectivity index (χ0v) is 28.5. The highest BCUT2D eigenvalue weighted by Crippen LogP contribution is 2.51. The molecule has 0 unspecified atom stereocenters. The molecule has 1 aliphatic carbocycles. The van der Waals surface area contributed by atoms with Gasteiger partial charge in [0.2, 0.25) is 5.91 Å². The molecule has 1 amide bonds. The number of benzene rings is 4. The predicted octanol–water partition coefficient (Wildman–Crippen LogP) is 10.1. The molecule has 268 valence electrons. The van der Waals surface area contributed by atoms with Crippen LogP contribution in [0.4, 0.5) is 32.0 Å². The third kappa shape index (κ3) is 7.47. The van der Waals surface area contributed by atoms with Crippen molar-refractivity contribution >= 4 is 17.3 Å². The molecule has 0 radical (unpaired) electrons. The summed E-state index contributed by atoms with van der Waals surface area (Å²) in [5, 5.41) is 5.54. The number of nitrogens with zero attached hydrogens (tertiary/aromatic N) is 1. The minimum absolute atomic E-state index is 0.342.